The fourth-order valence-electron chi connectivity index (χ4n) is 4.00. The van der Waals surface area contributed by atoms with E-state index in [2.05, 4.69) is 15.0 Å². The van der Waals surface area contributed by atoms with Crippen LogP contribution in [0.25, 0.3) is 0 Å². The van der Waals surface area contributed by atoms with E-state index >= 15 is 0 Å². The van der Waals surface area contributed by atoms with Crippen molar-refractivity contribution < 1.29 is 18.0 Å². The molecule has 2 N–H and O–H groups in total. The van der Waals surface area contributed by atoms with Crippen molar-refractivity contribution in [2.45, 2.75) is 43.0 Å². The summed E-state index contributed by atoms with van der Waals surface area (Å²) in [5, 5.41) is 2.81. The van der Waals surface area contributed by atoms with Crippen LogP contribution in [0.15, 0.2) is 64.5 Å². The number of hydrogen-bond donors (Lipinski definition) is 2. The molecule has 1 atom stereocenters. The Hall–Kier alpha value is -3.20. The molecule has 2 aliphatic heterocycles. The van der Waals surface area contributed by atoms with E-state index < -0.39 is 16.1 Å². The Balaban J connectivity index is 1.57. The molecule has 2 heterocycles. The first-order valence-corrected chi connectivity index (χ1v) is 12.2. The summed E-state index contributed by atoms with van der Waals surface area (Å²) in [6, 6.07) is 14.4. The van der Waals surface area contributed by atoms with E-state index in [0.717, 1.165) is 19.3 Å². The fraction of sp³-hybridized carbons (Fsp3) is 0.348. The topological polar surface area (TPSA) is 108 Å². The third-order valence-corrected chi connectivity index (χ3v) is 6.95. The first kappa shape index (κ1) is 22.0. The lowest BCUT2D eigenvalue weighted by molar-refractivity contribution is -0.141. The van der Waals surface area contributed by atoms with Gasteiger partial charge in [-0.15, -0.1) is 0 Å². The minimum atomic E-state index is -3.80. The number of nitrogens with zero attached hydrogens (tertiary/aromatic N) is 2. The normalized spacial score (nSPS) is 17.6. The van der Waals surface area contributed by atoms with Crippen molar-refractivity contribution in [3.8, 4) is 0 Å². The van der Waals surface area contributed by atoms with Crippen LogP contribution in [0.3, 0.4) is 0 Å². The van der Waals surface area contributed by atoms with Gasteiger partial charge in [0.2, 0.25) is 5.91 Å². The molecule has 1 saturated heterocycles. The lowest BCUT2D eigenvalue weighted by atomic mass is 10.0. The number of carbonyl (C=O) groups is 2. The monoisotopic (exact) mass is 454 g/mol. The lowest BCUT2D eigenvalue weighted by Gasteiger charge is -2.34. The molecular formula is C23H26N4O4S. The molecule has 2 amide bonds. The van der Waals surface area contributed by atoms with Crippen LogP contribution in [-0.2, 0) is 19.6 Å². The van der Waals surface area contributed by atoms with Crippen LogP contribution in [0.4, 0.5) is 5.69 Å². The summed E-state index contributed by atoms with van der Waals surface area (Å²) in [7, 11) is -3.80. The Morgan fingerprint density at radius 2 is 1.81 bits per heavy atom. The average Bonchev–Trinajstić information content (AvgIpc) is 3.29. The third kappa shape index (κ3) is 4.99. The second-order valence-corrected chi connectivity index (χ2v) is 9.59. The highest BCUT2D eigenvalue weighted by Gasteiger charge is 2.32. The van der Waals surface area contributed by atoms with Crippen LogP contribution in [0.5, 0.6) is 0 Å². The molecule has 0 bridgehead atoms. The van der Waals surface area contributed by atoms with Crippen molar-refractivity contribution in [2.24, 2.45) is 4.99 Å². The van der Waals surface area contributed by atoms with Gasteiger partial charge in [0.15, 0.2) is 0 Å². The van der Waals surface area contributed by atoms with Gasteiger partial charge in [0.25, 0.3) is 15.9 Å². The fourth-order valence-corrected chi connectivity index (χ4v) is 5.13. The van der Waals surface area contributed by atoms with Crippen molar-refractivity contribution in [1.82, 2.24) is 9.62 Å². The highest BCUT2D eigenvalue weighted by molar-refractivity contribution is 7.90. The van der Waals surface area contributed by atoms with E-state index in [9.17, 15) is 18.0 Å². The molecule has 0 aromatic heterocycles. The van der Waals surface area contributed by atoms with E-state index in [1.54, 1.807) is 17.0 Å². The number of amides is 2. The lowest BCUT2D eigenvalue weighted by Crippen LogP contribution is -2.43. The van der Waals surface area contributed by atoms with Gasteiger partial charge in [-0.1, -0.05) is 36.4 Å². The highest BCUT2D eigenvalue weighted by Crippen LogP contribution is 2.27. The Morgan fingerprint density at radius 1 is 1.00 bits per heavy atom. The third-order valence-electron chi connectivity index (χ3n) is 5.57. The Morgan fingerprint density at radius 3 is 2.53 bits per heavy atom. The van der Waals surface area contributed by atoms with Crippen molar-refractivity contribution in [3.63, 3.8) is 0 Å². The molecule has 2 aliphatic rings. The molecule has 0 aliphatic carbocycles. The maximum Gasteiger partial charge on any atom is 0.262 e. The Kier molecular flexibility index (Phi) is 6.55. The Bertz CT molecular complexity index is 1130. The van der Waals surface area contributed by atoms with E-state index in [4.69, 9.17) is 0 Å². The van der Waals surface area contributed by atoms with Crippen LogP contribution in [-0.4, -0.2) is 44.1 Å². The molecule has 32 heavy (non-hydrogen) atoms. The average molecular weight is 455 g/mol. The SMILES string of the molecule is O=C(Nc1cccc(S(=O)(=O)NC2=NCCC2)c1)C(c1ccccc1)N1CCCCC1=O. The summed E-state index contributed by atoms with van der Waals surface area (Å²) in [6.45, 7) is 1.12. The second-order valence-electron chi connectivity index (χ2n) is 7.91. The molecule has 1 fully saturated rings. The van der Waals surface area contributed by atoms with Gasteiger partial charge in [0, 0.05) is 31.6 Å². The van der Waals surface area contributed by atoms with E-state index in [1.165, 1.54) is 12.1 Å². The number of aliphatic imine (C=N–C) groups is 1. The second kappa shape index (κ2) is 9.52. The number of benzene rings is 2. The molecule has 0 spiro atoms. The zero-order chi connectivity index (χ0) is 22.6. The number of piperidine rings is 1. The smallest absolute Gasteiger partial charge is 0.262 e. The predicted octanol–water partition coefficient (Wildman–Crippen LogP) is 2.85. The van der Waals surface area contributed by atoms with Crippen LogP contribution >= 0.6 is 0 Å². The van der Waals surface area contributed by atoms with Crippen molar-refractivity contribution in [1.29, 1.82) is 0 Å². The van der Waals surface area contributed by atoms with E-state index in [-0.39, 0.29) is 16.7 Å². The number of sulfonamides is 1. The first-order chi connectivity index (χ1) is 15.4. The molecule has 168 valence electrons. The summed E-state index contributed by atoms with van der Waals surface area (Å²) in [5.41, 5.74) is 1.06. The summed E-state index contributed by atoms with van der Waals surface area (Å²) in [5.74, 6) is 0.0134. The summed E-state index contributed by atoms with van der Waals surface area (Å²) >= 11 is 0. The summed E-state index contributed by atoms with van der Waals surface area (Å²) in [6.07, 6.45) is 3.49. The zero-order valence-electron chi connectivity index (χ0n) is 17.7. The zero-order valence-corrected chi connectivity index (χ0v) is 18.5. The highest BCUT2D eigenvalue weighted by atomic mass is 32.2. The molecule has 9 heteroatoms. The van der Waals surface area contributed by atoms with Gasteiger partial charge < -0.3 is 10.2 Å². The minimum absolute atomic E-state index is 0.0372. The number of likely N-dealkylation sites (tertiary alicyclic amines) is 1. The van der Waals surface area contributed by atoms with Crippen LogP contribution < -0.4 is 10.0 Å². The molecule has 0 radical (unpaired) electrons. The van der Waals surface area contributed by atoms with Crippen LogP contribution in [0.2, 0.25) is 0 Å². The van der Waals surface area contributed by atoms with E-state index in [0.29, 0.717) is 43.0 Å². The number of hydrogen-bond acceptors (Lipinski definition) is 5. The predicted molar refractivity (Wildman–Crippen MR) is 122 cm³/mol. The number of nitrogens with one attached hydrogen (secondary N) is 2. The molecule has 2 aromatic carbocycles. The standard InChI is InChI=1S/C23H26N4O4S/c28-21-13-4-5-15-27(21)22(17-8-2-1-3-9-17)23(29)25-18-10-6-11-19(16-18)32(30,31)26-20-12-7-14-24-20/h1-3,6,8-11,16,22H,4-5,7,12-15H2,(H,24,26)(H,25,29). The van der Waals surface area contributed by atoms with Gasteiger partial charge in [-0.05, 0) is 43.0 Å². The number of anilines is 1. The first-order valence-electron chi connectivity index (χ1n) is 10.8. The number of amidine groups is 1. The molecule has 2 aromatic rings. The van der Waals surface area contributed by atoms with Gasteiger partial charge in [-0.2, -0.15) is 0 Å². The quantitative estimate of drug-likeness (QED) is 0.700. The molecular weight excluding hydrogens is 428 g/mol. The maximum absolute atomic E-state index is 13.3. The largest absolute Gasteiger partial charge is 0.327 e. The number of rotatable bonds is 6. The molecule has 8 nitrogen and oxygen atoms in total. The molecule has 4 rings (SSSR count). The minimum Gasteiger partial charge on any atom is -0.327 e. The van der Waals surface area contributed by atoms with Crippen molar-refractivity contribution in [2.75, 3.05) is 18.4 Å². The van der Waals surface area contributed by atoms with Gasteiger partial charge in [0.05, 0.1) is 4.90 Å². The van der Waals surface area contributed by atoms with Gasteiger partial charge in [0.1, 0.15) is 11.9 Å². The maximum atomic E-state index is 13.3. The number of carbonyl (C=O) groups excluding carboxylic acids is 2. The van der Waals surface area contributed by atoms with E-state index in [1.807, 2.05) is 30.3 Å². The van der Waals surface area contributed by atoms with Crippen LogP contribution in [0.1, 0.15) is 43.7 Å². The summed E-state index contributed by atoms with van der Waals surface area (Å²) < 4.78 is 27.9. The molecule has 1 unspecified atom stereocenters. The van der Waals surface area contributed by atoms with Gasteiger partial charge >= 0.3 is 0 Å². The van der Waals surface area contributed by atoms with Gasteiger partial charge in [-0.3, -0.25) is 19.3 Å². The van der Waals surface area contributed by atoms with Crippen LogP contribution in [0, 0.1) is 0 Å². The van der Waals surface area contributed by atoms with Crippen molar-refractivity contribution in [3.05, 3.63) is 60.2 Å². The molecule has 0 saturated carbocycles. The summed E-state index contributed by atoms with van der Waals surface area (Å²) in [4.78, 5) is 31.7. The van der Waals surface area contributed by atoms with Crippen molar-refractivity contribution >= 4 is 33.4 Å². The Labute approximate surface area is 187 Å². The van der Waals surface area contributed by atoms with Gasteiger partial charge in [-0.25, -0.2) is 8.42 Å².